The molecule has 0 fully saturated rings. The fraction of sp³-hybridized carbons (Fsp3) is 0.455. The van der Waals surface area contributed by atoms with Gasteiger partial charge < -0.3 is 10.4 Å². The molecule has 0 spiro atoms. The second kappa shape index (κ2) is 6.26. The van der Waals surface area contributed by atoms with Gasteiger partial charge in [0.25, 0.3) is 0 Å². The van der Waals surface area contributed by atoms with Crippen molar-refractivity contribution in [2.24, 2.45) is 0 Å². The van der Waals surface area contributed by atoms with Crippen LogP contribution in [0.2, 0.25) is 0 Å². The lowest BCUT2D eigenvalue weighted by molar-refractivity contribution is -0.135. The molecule has 0 saturated carbocycles. The highest BCUT2D eigenvalue weighted by atomic mass is 79.9. The number of halogens is 4. The first-order chi connectivity index (χ1) is 7.88. The number of hydrogen-bond acceptors (Lipinski definition) is 2. The van der Waals surface area contributed by atoms with E-state index in [1.807, 2.05) is 0 Å². The van der Waals surface area contributed by atoms with E-state index in [-0.39, 0.29) is 18.7 Å². The van der Waals surface area contributed by atoms with Gasteiger partial charge in [-0.25, -0.2) is 0 Å². The highest BCUT2D eigenvalue weighted by molar-refractivity contribution is 9.10. The van der Waals surface area contributed by atoms with Crippen LogP contribution >= 0.6 is 15.9 Å². The van der Waals surface area contributed by atoms with Crippen LogP contribution in [0.5, 0.6) is 5.75 Å². The minimum atomic E-state index is -4.10. The van der Waals surface area contributed by atoms with E-state index in [1.165, 1.54) is 6.07 Å². The lowest BCUT2D eigenvalue weighted by Gasteiger charge is -2.08. The topological polar surface area (TPSA) is 32.3 Å². The predicted molar refractivity (Wildman–Crippen MR) is 62.8 cm³/mol. The molecule has 2 nitrogen and oxygen atoms in total. The number of phenols is 1. The van der Waals surface area contributed by atoms with Gasteiger partial charge in [0.1, 0.15) is 5.75 Å². The molecule has 0 amide bonds. The van der Waals surface area contributed by atoms with Gasteiger partial charge in [-0.05, 0) is 31.2 Å². The molecule has 1 aromatic carbocycles. The summed E-state index contributed by atoms with van der Waals surface area (Å²) < 4.78 is 36.4. The van der Waals surface area contributed by atoms with E-state index >= 15 is 0 Å². The number of hydrogen-bond donors (Lipinski definition) is 2. The Morgan fingerprint density at radius 3 is 2.65 bits per heavy atom. The second-order valence-electron chi connectivity index (χ2n) is 3.67. The number of phenolic OH excluding ortho intramolecular Hbond substituents is 1. The van der Waals surface area contributed by atoms with Gasteiger partial charge in [0.15, 0.2) is 0 Å². The van der Waals surface area contributed by atoms with Gasteiger partial charge in [-0.15, -0.1) is 0 Å². The standard InChI is InChI=1S/C11H13BrF3NO/c12-9-2-3-10(17)8(6-9)7-16-5-1-4-11(13,14)15/h2-3,6,16-17H,1,4-5,7H2. The monoisotopic (exact) mass is 311 g/mol. The number of alkyl halides is 3. The van der Waals surface area contributed by atoms with Crippen LogP contribution in [0, 0.1) is 0 Å². The Balaban J connectivity index is 2.29. The lowest BCUT2D eigenvalue weighted by atomic mass is 10.2. The van der Waals surface area contributed by atoms with Crippen molar-refractivity contribution in [3.05, 3.63) is 28.2 Å². The van der Waals surface area contributed by atoms with E-state index in [0.29, 0.717) is 12.1 Å². The lowest BCUT2D eigenvalue weighted by Crippen LogP contribution is -2.17. The molecule has 1 aromatic rings. The summed E-state index contributed by atoms with van der Waals surface area (Å²) in [5.74, 6) is 0.136. The third-order valence-electron chi connectivity index (χ3n) is 2.17. The highest BCUT2D eigenvalue weighted by Gasteiger charge is 2.25. The average molecular weight is 312 g/mol. The molecule has 1 rings (SSSR count). The summed E-state index contributed by atoms with van der Waals surface area (Å²) in [6.45, 7) is 0.620. The molecule has 0 aliphatic heterocycles. The maximum absolute atomic E-state index is 11.8. The van der Waals surface area contributed by atoms with Crippen LogP contribution < -0.4 is 5.32 Å². The van der Waals surface area contributed by atoms with E-state index in [9.17, 15) is 18.3 Å². The van der Waals surface area contributed by atoms with Gasteiger partial charge in [0.2, 0.25) is 0 Å². The Bertz CT molecular complexity index is 368. The quantitative estimate of drug-likeness (QED) is 0.815. The molecule has 0 unspecified atom stereocenters. The Morgan fingerprint density at radius 2 is 2.00 bits per heavy atom. The van der Waals surface area contributed by atoms with Gasteiger partial charge >= 0.3 is 6.18 Å². The number of aromatic hydroxyl groups is 1. The van der Waals surface area contributed by atoms with Crippen molar-refractivity contribution in [2.45, 2.75) is 25.6 Å². The van der Waals surface area contributed by atoms with Crippen molar-refractivity contribution >= 4 is 15.9 Å². The number of nitrogens with one attached hydrogen (secondary N) is 1. The summed E-state index contributed by atoms with van der Waals surface area (Å²) >= 11 is 3.26. The minimum absolute atomic E-state index is 0.0399. The van der Waals surface area contributed by atoms with Crippen molar-refractivity contribution in [3.8, 4) is 5.75 Å². The fourth-order valence-electron chi connectivity index (χ4n) is 1.33. The van der Waals surface area contributed by atoms with E-state index in [4.69, 9.17) is 0 Å². The van der Waals surface area contributed by atoms with Gasteiger partial charge in [0, 0.05) is 23.0 Å². The summed E-state index contributed by atoms with van der Waals surface area (Å²) in [7, 11) is 0. The van der Waals surface area contributed by atoms with Crippen LogP contribution in [0.15, 0.2) is 22.7 Å². The smallest absolute Gasteiger partial charge is 0.389 e. The molecule has 0 atom stereocenters. The molecule has 2 N–H and O–H groups in total. The second-order valence-corrected chi connectivity index (χ2v) is 4.58. The van der Waals surface area contributed by atoms with Crippen LogP contribution in [-0.4, -0.2) is 17.8 Å². The molecule has 0 saturated heterocycles. The number of benzene rings is 1. The van der Waals surface area contributed by atoms with E-state index in [0.717, 1.165) is 4.47 Å². The molecule has 0 aromatic heterocycles. The van der Waals surface area contributed by atoms with Gasteiger partial charge in [-0.2, -0.15) is 13.2 Å². The molecule has 0 heterocycles. The Kier molecular flexibility index (Phi) is 5.27. The normalized spacial score (nSPS) is 11.8. The molecule has 0 radical (unpaired) electrons. The average Bonchev–Trinajstić information content (AvgIpc) is 2.21. The summed E-state index contributed by atoms with van der Waals surface area (Å²) in [5.41, 5.74) is 0.659. The van der Waals surface area contributed by atoms with Crippen molar-refractivity contribution < 1.29 is 18.3 Å². The Hall–Kier alpha value is -0.750. The third kappa shape index (κ3) is 5.93. The van der Waals surface area contributed by atoms with E-state index in [1.54, 1.807) is 12.1 Å². The molecule has 0 bridgehead atoms. The predicted octanol–water partition coefficient (Wildman–Crippen LogP) is 3.59. The molecule has 0 aliphatic rings. The maximum atomic E-state index is 11.8. The van der Waals surface area contributed by atoms with Gasteiger partial charge in [-0.1, -0.05) is 15.9 Å². The minimum Gasteiger partial charge on any atom is -0.508 e. The summed E-state index contributed by atoms with van der Waals surface area (Å²) in [5, 5.41) is 12.3. The van der Waals surface area contributed by atoms with Crippen molar-refractivity contribution in [1.29, 1.82) is 0 Å². The highest BCUT2D eigenvalue weighted by Crippen LogP contribution is 2.22. The summed E-state index contributed by atoms with van der Waals surface area (Å²) in [6, 6.07) is 4.96. The van der Waals surface area contributed by atoms with Crippen molar-refractivity contribution in [3.63, 3.8) is 0 Å². The maximum Gasteiger partial charge on any atom is 0.389 e. The SMILES string of the molecule is Oc1ccc(Br)cc1CNCCCC(F)(F)F. The summed E-state index contributed by atoms with van der Waals surface area (Å²) in [6.07, 6.45) is -4.84. The first kappa shape index (κ1) is 14.3. The van der Waals surface area contributed by atoms with E-state index in [2.05, 4.69) is 21.2 Å². The first-order valence-electron chi connectivity index (χ1n) is 5.13. The zero-order chi connectivity index (χ0) is 12.9. The van der Waals surface area contributed by atoms with Gasteiger partial charge in [-0.3, -0.25) is 0 Å². The zero-order valence-electron chi connectivity index (χ0n) is 9.02. The molecule has 96 valence electrons. The Labute approximate surface area is 106 Å². The van der Waals surface area contributed by atoms with Gasteiger partial charge in [0.05, 0.1) is 0 Å². The Morgan fingerprint density at radius 1 is 1.29 bits per heavy atom. The number of rotatable bonds is 5. The molecule has 6 heteroatoms. The zero-order valence-corrected chi connectivity index (χ0v) is 10.6. The van der Waals surface area contributed by atoms with Crippen molar-refractivity contribution in [2.75, 3.05) is 6.54 Å². The molecular weight excluding hydrogens is 299 g/mol. The molecular formula is C11H13BrF3NO. The molecule has 17 heavy (non-hydrogen) atoms. The van der Waals surface area contributed by atoms with Crippen LogP contribution in [0.3, 0.4) is 0 Å². The largest absolute Gasteiger partial charge is 0.508 e. The van der Waals surface area contributed by atoms with Crippen LogP contribution in [-0.2, 0) is 6.54 Å². The first-order valence-corrected chi connectivity index (χ1v) is 5.92. The van der Waals surface area contributed by atoms with E-state index < -0.39 is 12.6 Å². The summed E-state index contributed by atoms with van der Waals surface area (Å²) in [4.78, 5) is 0. The fourth-order valence-corrected chi connectivity index (χ4v) is 1.74. The van der Waals surface area contributed by atoms with Crippen LogP contribution in [0.25, 0.3) is 0 Å². The van der Waals surface area contributed by atoms with Crippen molar-refractivity contribution in [1.82, 2.24) is 5.32 Å². The molecule has 0 aliphatic carbocycles. The third-order valence-corrected chi connectivity index (χ3v) is 2.66. The van der Waals surface area contributed by atoms with Crippen LogP contribution in [0.1, 0.15) is 18.4 Å². The van der Waals surface area contributed by atoms with Crippen LogP contribution in [0.4, 0.5) is 13.2 Å².